The standard InChI is InChI=1S/C18H25N3O5S3/c1-28(23,24)21(29(2,25)26)15-7-5-8-16(12-15)27-13-14-6-3-4-9-17(14)18(22)20-11-10-19/h5,7-8,12,14,17H,3-4,6,9,11,13H2,1-2H3,(H,20,22). The van der Waals surface area contributed by atoms with Gasteiger partial charge in [-0.15, -0.1) is 11.8 Å². The number of carbonyl (C=O) groups is 1. The lowest BCUT2D eigenvalue weighted by molar-refractivity contribution is -0.127. The van der Waals surface area contributed by atoms with Crippen LogP contribution in [0.4, 0.5) is 5.69 Å². The van der Waals surface area contributed by atoms with Crippen molar-refractivity contribution in [3.05, 3.63) is 24.3 Å². The quantitative estimate of drug-likeness (QED) is 0.465. The molecule has 2 atom stereocenters. The molecule has 2 rings (SSSR count). The molecule has 0 spiro atoms. The van der Waals surface area contributed by atoms with E-state index in [0.717, 1.165) is 43.1 Å². The van der Waals surface area contributed by atoms with E-state index in [4.69, 9.17) is 5.26 Å². The van der Waals surface area contributed by atoms with Gasteiger partial charge >= 0.3 is 0 Å². The maximum absolute atomic E-state index is 12.3. The third kappa shape index (κ3) is 6.62. The van der Waals surface area contributed by atoms with E-state index < -0.39 is 20.0 Å². The summed E-state index contributed by atoms with van der Waals surface area (Å²) in [6, 6.07) is 8.27. The first kappa shape index (κ1) is 23.5. The normalized spacial score (nSPS) is 19.9. The first-order chi connectivity index (χ1) is 13.5. The van der Waals surface area contributed by atoms with Gasteiger partial charge in [-0.2, -0.15) is 8.97 Å². The Kier molecular flexibility index (Phi) is 7.96. The van der Waals surface area contributed by atoms with Gasteiger partial charge in [-0.25, -0.2) is 16.8 Å². The summed E-state index contributed by atoms with van der Waals surface area (Å²) in [4.78, 5) is 13.1. The second-order valence-corrected chi connectivity index (χ2v) is 12.0. The maximum atomic E-state index is 12.3. The fourth-order valence-corrected chi connectivity index (χ4v) is 7.67. The van der Waals surface area contributed by atoms with Crippen molar-refractivity contribution >= 4 is 43.4 Å². The zero-order valence-electron chi connectivity index (χ0n) is 16.4. The minimum atomic E-state index is -4.00. The molecule has 1 aromatic rings. The van der Waals surface area contributed by atoms with Crippen LogP contribution in [0.15, 0.2) is 29.2 Å². The first-order valence-electron chi connectivity index (χ1n) is 9.12. The molecule has 2 unspecified atom stereocenters. The summed E-state index contributed by atoms with van der Waals surface area (Å²) in [5.74, 6) is 0.519. The van der Waals surface area contributed by atoms with Crippen molar-refractivity contribution in [2.75, 3.05) is 28.5 Å². The largest absolute Gasteiger partial charge is 0.343 e. The van der Waals surface area contributed by atoms with Crippen LogP contribution in [-0.4, -0.2) is 47.6 Å². The Morgan fingerprint density at radius 2 is 1.86 bits per heavy atom. The molecule has 0 heterocycles. The zero-order chi connectivity index (χ0) is 21.7. The molecule has 0 aromatic heterocycles. The smallest absolute Gasteiger partial charge is 0.245 e. The van der Waals surface area contributed by atoms with Crippen LogP contribution in [0.2, 0.25) is 0 Å². The van der Waals surface area contributed by atoms with Crippen molar-refractivity contribution < 1.29 is 21.6 Å². The number of benzene rings is 1. The second-order valence-electron chi connectivity index (χ2n) is 7.06. The van der Waals surface area contributed by atoms with Crippen LogP contribution in [0.1, 0.15) is 25.7 Å². The molecule has 160 valence electrons. The highest BCUT2D eigenvalue weighted by atomic mass is 32.3. The summed E-state index contributed by atoms with van der Waals surface area (Å²) < 4.78 is 48.3. The third-order valence-corrected chi connectivity index (χ3v) is 9.12. The molecule has 1 saturated carbocycles. The Balaban J connectivity index is 2.15. The SMILES string of the molecule is CS(=O)(=O)N(c1cccc(SCC2CCCCC2C(=O)NCC#N)c1)S(C)(=O)=O. The molecule has 1 aliphatic carbocycles. The van der Waals surface area contributed by atoms with Crippen LogP contribution in [0.25, 0.3) is 0 Å². The van der Waals surface area contributed by atoms with Gasteiger partial charge in [0.25, 0.3) is 0 Å². The van der Waals surface area contributed by atoms with Crippen molar-refractivity contribution in [1.82, 2.24) is 5.32 Å². The van der Waals surface area contributed by atoms with Gasteiger partial charge in [0.1, 0.15) is 6.54 Å². The number of nitrogens with zero attached hydrogens (tertiary/aromatic N) is 2. The topological polar surface area (TPSA) is 124 Å². The summed E-state index contributed by atoms with van der Waals surface area (Å²) in [6.07, 6.45) is 5.37. The third-order valence-electron chi connectivity index (χ3n) is 4.68. The fourth-order valence-electron chi connectivity index (χ4n) is 3.53. The minimum absolute atomic E-state index is 0.00986. The molecule has 8 nitrogen and oxygen atoms in total. The Bertz CT molecular complexity index is 954. The Morgan fingerprint density at radius 3 is 2.48 bits per heavy atom. The number of carbonyl (C=O) groups excluding carboxylic acids is 1. The average Bonchev–Trinajstić information content (AvgIpc) is 2.62. The minimum Gasteiger partial charge on any atom is -0.343 e. The predicted molar refractivity (Wildman–Crippen MR) is 113 cm³/mol. The highest BCUT2D eigenvalue weighted by molar-refractivity contribution is 8.09. The lowest BCUT2D eigenvalue weighted by atomic mass is 9.80. The second kappa shape index (κ2) is 9.82. The van der Waals surface area contributed by atoms with E-state index in [-0.39, 0.29) is 30.0 Å². The number of sulfonamides is 2. The molecule has 1 fully saturated rings. The Morgan fingerprint density at radius 1 is 1.21 bits per heavy atom. The lowest BCUT2D eigenvalue weighted by Gasteiger charge is -2.30. The van der Waals surface area contributed by atoms with Crippen molar-refractivity contribution in [2.45, 2.75) is 30.6 Å². The molecule has 1 amide bonds. The van der Waals surface area contributed by atoms with Gasteiger partial charge in [0.15, 0.2) is 0 Å². The maximum Gasteiger partial charge on any atom is 0.245 e. The summed E-state index contributed by atoms with van der Waals surface area (Å²) in [5, 5.41) is 11.3. The number of nitrogens with one attached hydrogen (secondary N) is 1. The first-order valence-corrected chi connectivity index (χ1v) is 13.8. The number of amides is 1. The number of anilines is 1. The highest BCUT2D eigenvalue weighted by Gasteiger charge is 2.31. The van der Waals surface area contributed by atoms with Crippen molar-refractivity contribution in [3.8, 4) is 6.07 Å². The van der Waals surface area contributed by atoms with Gasteiger partial charge in [0, 0.05) is 16.6 Å². The van der Waals surface area contributed by atoms with Crippen LogP contribution in [0.5, 0.6) is 0 Å². The molecular weight excluding hydrogens is 434 g/mol. The van der Waals surface area contributed by atoms with E-state index in [1.54, 1.807) is 12.1 Å². The van der Waals surface area contributed by atoms with Crippen molar-refractivity contribution in [3.63, 3.8) is 0 Å². The molecule has 1 N–H and O–H groups in total. The van der Waals surface area contributed by atoms with Gasteiger partial charge in [-0.3, -0.25) is 4.79 Å². The van der Waals surface area contributed by atoms with Gasteiger partial charge in [0.05, 0.1) is 24.3 Å². The van der Waals surface area contributed by atoms with Crippen LogP contribution in [0.3, 0.4) is 0 Å². The van der Waals surface area contributed by atoms with E-state index >= 15 is 0 Å². The number of thioether (sulfide) groups is 1. The molecular formula is C18H25N3O5S3. The van der Waals surface area contributed by atoms with Crippen LogP contribution >= 0.6 is 11.8 Å². The number of nitriles is 1. The van der Waals surface area contributed by atoms with E-state index in [1.165, 1.54) is 23.9 Å². The summed E-state index contributed by atoms with van der Waals surface area (Å²) in [6.45, 7) is -0.00986. The Labute approximate surface area is 176 Å². The van der Waals surface area contributed by atoms with E-state index in [0.29, 0.717) is 9.46 Å². The lowest BCUT2D eigenvalue weighted by Crippen LogP contribution is -2.37. The number of hydrogen-bond donors (Lipinski definition) is 1. The molecule has 11 heteroatoms. The summed E-state index contributed by atoms with van der Waals surface area (Å²) in [5.41, 5.74) is 0.0620. The number of rotatable bonds is 8. The van der Waals surface area contributed by atoms with E-state index in [2.05, 4.69) is 5.32 Å². The fraction of sp³-hybridized carbons (Fsp3) is 0.556. The molecule has 1 aromatic carbocycles. The van der Waals surface area contributed by atoms with Gasteiger partial charge < -0.3 is 5.32 Å². The number of hydrogen-bond acceptors (Lipinski definition) is 7. The van der Waals surface area contributed by atoms with E-state index in [1.807, 2.05) is 6.07 Å². The van der Waals surface area contributed by atoms with Gasteiger partial charge in [-0.05, 0) is 37.0 Å². The molecule has 1 aliphatic rings. The van der Waals surface area contributed by atoms with E-state index in [9.17, 15) is 21.6 Å². The molecule has 0 bridgehead atoms. The molecule has 0 radical (unpaired) electrons. The van der Waals surface area contributed by atoms with Gasteiger partial charge in [-0.1, -0.05) is 18.9 Å². The average molecular weight is 460 g/mol. The van der Waals surface area contributed by atoms with Crippen LogP contribution in [-0.2, 0) is 24.8 Å². The van der Waals surface area contributed by atoms with Crippen LogP contribution < -0.4 is 9.03 Å². The summed E-state index contributed by atoms with van der Waals surface area (Å²) >= 11 is 1.46. The molecule has 0 aliphatic heterocycles. The molecule has 29 heavy (non-hydrogen) atoms. The van der Waals surface area contributed by atoms with Gasteiger partial charge in [0.2, 0.25) is 26.0 Å². The Hall–Kier alpha value is -1.77. The van der Waals surface area contributed by atoms with Crippen LogP contribution in [0, 0.1) is 23.2 Å². The predicted octanol–water partition coefficient (Wildman–Crippen LogP) is 1.95. The highest BCUT2D eigenvalue weighted by Crippen LogP contribution is 2.35. The van der Waals surface area contributed by atoms with Crippen molar-refractivity contribution in [2.24, 2.45) is 11.8 Å². The monoisotopic (exact) mass is 459 g/mol. The van der Waals surface area contributed by atoms with Crippen molar-refractivity contribution in [1.29, 1.82) is 5.26 Å². The molecule has 0 saturated heterocycles. The summed E-state index contributed by atoms with van der Waals surface area (Å²) in [7, 11) is -8.00. The zero-order valence-corrected chi connectivity index (χ0v) is 18.8.